The Labute approximate surface area is 141 Å². The van der Waals surface area contributed by atoms with Crippen LogP contribution in [-0.2, 0) is 4.79 Å². The Hall–Kier alpha value is -2.40. The molecule has 0 heterocycles. The smallest absolute Gasteiger partial charge is 0.283 e. The van der Waals surface area contributed by atoms with Gasteiger partial charge in [0.2, 0.25) is 0 Å². The van der Waals surface area contributed by atoms with Gasteiger partial charge < -0.3 is 15.4 Å². The predicted octanol–water partition coefficient (Wildman–Crippen LogP) is 3.70. The molecule has 0 radical (unpaired) electrons. The zero-order valence-electron chi connectivity index (χ0n) is 13.2. The minimum Gasteiger partial charge on any atom is -0.494 e. The van der Waals surface area contributed by atoms with Gasteiger partial charge in [0.15, 0.2) is 4.99 Å². The average Bonchev–Trinajstić information content (AvgIpc) is 2.57. The molecule has 2 aromatic carbocycles. The van der Waals surface area contributed by atoms with Gasteiger partial charge in [-0.05, 0) is 43.7 Å². The fourth-order valence-electron chi connectivity index (χ4n) is 2.08. The van der Waals surface area contributed by atoms with E-state index in [1.54, 1.807) is 12.1 Å². The lowest BCUT2D eigenvalue weighted by Gasteiger charge is -2.16. The molecule has 0 fully saturated rings. The van der Waals surface area contributed by atoms with Crippen molar-refractivity contribution in [2.45, 2.75) is 19.9 Å². The van der Waals surface area contributed by atoms with E-state index in [2.05, 4.69) is 10.6 Å². The van der Waals surface area contributed by atoms with Crippen LogP contribution in [0, 0.1) is 0 Å². The van der Waals surface area contributed by atoms with Crippen LogP contribution < -0.4 is 15.4 Å². The van der Waals surface area contributed by atoms with Crippen LogP contribution in [-0.4, -0.2) is 17.5 Å². The Kier molecular flexibility index (Phi) is 6.11. The molecule has 0 bridgehead atoms. The number of amides is 1. The van der Waals surface area contributed by atoms with Crippen LogP contribution in [0.3, 0.4) is 0 Å². The van der Waals surface area contributed by atoms with Crippen LogP contribution in [0.15, 0.2) is 54.6 Å². The highest BCUT2D eigenvalue weighted by Gasteiger charge is 2.13. The third kappa shape index (κ3) is 5.07. The molecule has 4 nitrogen and oxygen atoms in total. The first kappa shape index (κ1) is 17.0. The molecule has 23 heavy (non-hydrogen) atoms. The van der Waals surface area contributed by atoms with Gasteiger partial charge in [-0.15, -0.1) is 0 Å². The summed E-state index contributed by atoms with van der Waals surface area (Å²) in [5, 5.41) is 5.81. The molecule has 2 N–H and O–H groups in total. The molecule has 0 saturated heterocycles. The lowest BCUT2D eigenvalue weighted by molar-refractivity contribution is -0.110. The Morgan fingerprint density at radius 3 is 2.39 bits per heavy atom. The standard InChI is InChI=1S/C18H20N2O2S/c1-3-22-16-11-9-15(10-12-16)20-17(21)18(23)19-13(2)14-7-5-4-6-8-14/h4-13H,3H2,1-2H3,(H,19,23)(H,20,21). The molecule has 1 unspecified atom stereocenters. The zero-order chi connectivity index (χ0) is 16.7. The van der Waals surface area contributed by atoms with Crippen molar-refractivity contribution in [1.29, 1.82) is 0 Å². The van der Waals surface area contributed by atoms with Gasteiger partial charge in [-0.1, -0.05) is 42.5 Å². The van der Waals surface area contributed by atoms with Gasteiger partial charge in [0, 0.05) is 11.7 Å². The fraction of sp³-hybridized carbons (Fsp3) is 0.222. The highest BCUT2D eigenvalue weighted by molar-refractivity contribution is 7.82. The highest BCUT2D eigenvalue weighted by atomic mass is 32.1. The molecule has 2 aromatic rings. The minimum atomic E-state index is -0.327. The maximum absolute atomic E-state index is 12.1. The van der Waals surface area contributed by atoms with E-state index in [-0.39, 0.29) is 16.9 Å². The normalized spacial score (nSPS) is 11.4. The molecule has 0 aromatic heterocycles. The van der Waals surface area contributed by atoms with Gasteiger partial charge in [-0.3, -0.25) is 4.79 Å². The summed E-state index contributed by atoms with van der Waals surface area (Å²) in [6, 6.07) is 17.0. The van der Waals surface area contributed by atoms with Crippen molar-refractivity contribution in [3.05, 3.63) is 60.2 Å². The summed E-state index contributed by atoms with van der Waals surface area (Å²) in [5.74, 6) is 0.441. The Morgan fingerprint density at radius 2 is 1.78 bits per heavy atom. The monoisotopic (exact) mass is 328 g/mol. The number of thiocarbonyl (C=S) groups is 1. The van der Waals surface area contributed by atoms with E-state index in [0.717, 1.165) is 11.3 Å². The SMILES string of the molecule is CCOc1ccc(NC(=O)C(=S)NC(C)c2ccccc2)cc1. The molecule has 0 spiro atoms. The lowest BCUT2D eigenvalue weighted by atomic mass is 10.1. The summed E-state index contributed by atoms with van der Waals surface area (Å²) in [6.45, 7) is 4.50. The predicted molar refractivity (Wildman–Crippen MR) is 96.8 cm³/mol. The highest BCUT2D eigenvalue weighted by Crippen LogP contribution is 2.16. The van der Waals surface area contributed by atoms with Crippen LogP contribution in [0.4, 0.5) is 5.69 Å². The molecule has 0 aliphatic carbocycles. The maximum atomic E-state index is 12.1. The Bertz CT molecular complexity index is 656. The van der Waals surface area contributed by atoms with Gasteiger partial charge in [0.25, 0.3) is 5.91 Å². The summed E-state index contributed by atoms with van der Waals surface area (Å²) in [5.41, 5.74) is 1.75. The first-order chi connectivity index (χ1) is 11.1. The lowest BCUT2D eigenvalue weighted by Crippen LogP contribution is -2.35. The van der Waals surface area contributed by atoms with Gasteiger partial charge in [0.1, 0.15) is 5.75 Å². The van der Waals surface area contributed by atoms with Crippen LogP contribution in [0.25, 0.3) is 0 Å². The third-order valence-corrected chi connectivity index (χ3v) is 3.58. The van der Waals surface area contributed by atoms with Gasteiger partial charge in [-0.2, -0.15) is 0 Å². The molecular weight excluding hydrogens is 308 g/mol. The first-order valence-corrected chi connectivity index (χ1v) is 7.90. The second-order valence-corrected chi connectivity index (χ2v) is 5.43. The quantitative estimate of drug-likeness (QED) is 0.822. The summed E-state index contributed by atoms with van der Waals surface area (Å²) in [7, 11) is 0. The zero-order valence-corrected chi connectivity index (χ0v) is 14.0. The van der Waals surface area contributed by atoms with Crippen LogP contribution in [0.5, 0.6) is 5.75 Å². The summed E-state index contributed by atoms with van der Waals surface area (Å²) in [6.07, 6.45) is 0. The van der Waals surface area contributed by atoms with Crippen LogP contribution >= 0.6 is 12.2 Å². The number of ether oxygens (including phenoxy) is 1. The molecule has 1 amide bonds. The topological polar surface area (TPSA) is 50.4 Å². The molecule has 0 aliphatic rings. The van der Waals surface area contributed by atoms with E-state index < -0.39 is 0 Å². The molecule has 0 aliphatic heterocycles. The van der Waals surface area contributed by atoms with Crippen LogP contribution in [0.2, 0.25) is 0 Å². The largest absolute Gasteiger partial charge is 0.494 e. The Morgan fingerprint density at radius 1 is 1.13 bits per heavy atom. The van der Waals surface area contributed by atoms with Crippen molar-refractivity contribution in [1.82, 2.24) is 5.32 Å². The summed E-state index contributed by atoms with van der Waals surface area (Å²) < 4.78 is 5.36. The van der Waals surface area contributed by atoms with Crippen molar-refractivity contribution in [3.63, 3.8) is 0 Å². The van der Waals surface area contributed by atoms with E-state index in [1.165, 1.54) is 0 Å². The average molecular weight is 328 g/mol. The number of carbonyl (C=O) groups is 1. The number of hydrogen-bond acceptors (Lipinski definition) is 3. The molecule has 5 heteroatoms. The third-order valence-electron chi connectivity index (χ3n) is 3.28. The summed E-state index contributed by atoms with van der Waals surface area (Å²) in [4.78, 5) is 12.3. The number of benzene rings is 2. The molecule has 2 rings (SSSR count). The second-order valence-electron chi connectivity index (χ2n) is 5.02. The van der Waals surface area contributed by atoms with E-state index in [4.69, 9.17) is 17.0 Å². The minimum absolute atomic E-state index is 0.0326. The number of carbonyl (C=O) groups excluding carboxylic acids is 1. The van der Waals surface area contributed by atoms with Crippen molar-refractivity contribution >= 4 is 28.8 Å². The van der Waals surface area contributed by atoms with Gasteiger partial charge in [0.05, 0.1) is 6.61 Å². The van der Waals surface area contributed by atoms with Gasteiger partial charge >= 0.3 is 0 Å². The van der Waals surface area contributed by atoms with Gasteiger partial charge in [-0.25, -0.2) is 0 Å². The number of rotatable bonds is 5. The molecule has 1 atom stereocenters. The fourth-order valence-corrected chi connectivity index (χ4v) is 2.30. The molecular formula is C18H20N2O2S. The van der Waals surface area contributed by atoms with Crippen molar-refractivity contribution < 1.29 is 9.53 Å². The van der Waals surface area contributed by atoms with E-state index >= 15 is 0 Å². The molecule has 0 saturated carbocycles. The van der Waals surface area contributed by atoms with E-state index in [9.17, 15) is 4.79 Å². The maximum Gasteiger partial charge on any atom is 0.283 e. The Balaban J connectivity index is 1.91. The summed E-state index contributed by atoms with van der Waals surface area (Å²) >= 11 is 5.17. The van der Waals surface area contributed by atoms with Crippen molar-refractivity contribution in [2.24, 2.45) is 0 Å². The number of hydrogen-bond donors (Lipinski definition) is 2. The van der Waals surface area contributed by atoms with E-state index in [0.29, 0.717) is 12.3 Å². The molecule has 120 valence electrons. The second kappa shape index (κ2) is 8.29. The van der Waals surface area contributed by atoms with Crippen LogP contribution in [0.1, 0.15) is 25.5 Å². The van der Waals surface area contributed by atoms with Crippen molar-refractivity contribution in [2.75, 3.05) is 11.9 Å². The number of anilines is 1. The van der Waals surface area contributed by atoms with E-state index in [1.807, 2.05) is 56.3 Å². The first-order valence-electron chi connectivity index (χ1n) is 7.49. The van der Waals surface area contributed by atoms with Crippen molar-refractivity contribution in [3.8, 4) is 5.75 Å². The number of nitrogens with one attached hydrogen (secondary N) is 2.